The molecule has 2 heterocycles. The molecule has 2 aromatic rings. The highest BCUT2D eigenvalue weighted by Gasteiger charge is 2.22. The number of rotatable bonds is 7. The summed E-state index contributed by atoms with van der Waals surface area (Å²) in [5.41, 5.74) is 0.815. The maximum atomic E-state index is 14.4. The third-order valence-electron chi connectivity index (χ3n) is 4.95. The lowest BCUT2D eigenvalue weighted by atomic mass is 10.2. The van der Waals surface area contributed by atoms with Crippen molar-refractivity contribution in [1.82, 2.24) is 20.5 Å². The summed E-state index contributed by atoms with van der Waals surface area (Å²) in [5, 5.41) is 6.62. The van der Waals surface area contributed by atoms with Gasteiger partial charge in [0.1, 0.15) is 5.75 Å². The summed E-state index contributed by atoms with van der Waals surface area (Å²) in [7, 11) is 1.74. The van der Waals surface area contributed by atoms with Gasteiger partial charge in [-0.15, -0.1) is 0 Å². The Balaban J connectivity index is 1.51. The van der Waals surface area contributed by atoms with Crippen LogP contribution in [0.15, 0.2) is 47.7 Å². The van der Waals surface area contributed by atoms with Gasteiger partial charge in [-0.1, -0.05) is 13.0 Å². The second kappa shape index (κ2) is 10.0. The lowest BCUT2D eigenvalue weighted by Gasteiger charge is -2.24. The largest absolute Gasteiger partial charge is 0.453 e. The third-order valence-corrected chi connectivity index (χ3v) is 4.95. The maximum Gasteiger partial charge on any atom is 0.191 e. The van der Waals surface area contributed by atoms with E-state index in [1.807, 2.05) is 6.07 Å². The molecule has 28 heavy (non-hydrogen) atoms. The number of halogens is 1. The van der Waals surface area contributed by atoms with Crippen LogP contribution in [0.3, 0.4) is 0 Å². The number of pyridine rings is 1. The van der Waals surface area contributed by atoms with E-state index in [0.29, 0.717) is 18.3 Å². The Labute approximate surface area is 165 Å². The van der Waals surface area contributed by atoms with Crippen LogP contribution in [-0.4, -0.2) is 48.6 Å². The molecule has 3 rings (SSSR count). The Morgan fingerprint density at radius 1 is 1.36 bits per heavy atom. The van der Waals surface area contributed by atoms with Gasteiger partial charge in [0.25, 0.3) is 0 Å². The van der Waals surface area contributed by atoms with Crippen LogP contribution in [0, 0.1) is 5.82 Å². The molecule has 150 valence electrons. The number of nitrogens with one attached hydrogen (secondary N) is 2. The predicted molar refractivity (Wildman–Crippen MR) is 109 cm³/mol. The molecule has 0 saturated carbocycles. The number of aliphatic imine (C=N–C) groups is 1. The van der Waals surface area contributed by atoms with Gasteiger partial charge < -0.3 is 15.4 Å². The molecule has 1 fully saturated rings. The first-order chi connectivity index (χ1) is 13.7. The van der Waals surface area contributed by atoms with Gasteiger partial charge in [0.2, 0.25) is 0 Å². The van der Waals surface area contributed by atoms with E-state index in [9.17, 15) is 4.39 Å². The first-order valence-corrected chi connectivity index (χ1v) is 9.74. The monoisotopic (exact) mass is 385 g/mol. The van der Waals surface area contributed by atoms with Crippen LogP contribution in [0.2, 0.25) is 0 Å². The molecule has 1 atom stereocenters. The Hall–Kier alpha value is -2.67. The first kappa shape index (κ1) is 20.1. The second-order valence-corrected chi connectivity index (χ2v) is 6.79. The number of hydrogen-bond donors (Lipinski definition) is 2. The summed E-state index contributed by atoms with van der Waals surface area (Å²) in [6.07, 6.45) is 5.65. The SMILES string of the molecule is CCN1CCCC1CNC(=NC)NCc1ccc(Oc2cccnc2)c(F)c1. The van der Waals surface area contributed by atoms with Crippen molar-refractivity contribution in [2.24, 2.45) is 4.99 Å². The summed E-state index contributed by atoms with van der Waals surface area (Å²) in [6, 6.07) is 8.97. The number of ether oxygens (including phenoxy) is 1. The van der Waals surface area contributed by atoms with Crippen LogP contribution in [-0.2, 0) is 6.54 Å². The highest BCUT2D eigenvalue weighted by Crippen LogP contribution is 2.24. The van der Waals surface area contributed by atoms with Crippen molar-refractivity contribution in [1.29, 1.82) is 0 Å². The lowest BCUT2D eigenvalue weighted by Crippen LogP contribution is -2.44. The van der Waals surface area contributed by atoms with Crippen LogP contribution >= 0.6 is 0 Å². The third kappa shape index (κ3) is 5.42. The van der Waals surface area contributed by atoms with E-state index in [1.165, 1.54) is 25.5 Å². The molecule has 1 aliphatic heterocycles. The Morgan fingerprint density at radius 2 is 2.25 bits per heavy atom. The minimum atomic E-state index is -0.407. The highest BCUT2D eigenvalue weighted by atomic mass is 19.1. The van der Waals surface area contributed by atoms with Crippen LogP contribution in [0.5, 0.6) is 11.5 Å². The number of likely N-dealkylation sites (tertiary alicyclic amines) is 1. The Morgan fingerprint density at radius 3 is 2.96 bits per heavy atom. The lowest BCUT2D eigenvalue weighted by molar-refractivity contribution is 0.267. The van der Waals surface area contributed by atoms with Crippen molar-refractivity contribution in [2.75, 3.05) is 26.7 Å². The molecule has 2 N–H and O–H groups in total. The van der Waals surface area contributed by atoms with Gasteiger partial charge in [-0.3, -0.25) is 14.9 Å². The summed E-state index contributed by atoms with van der Waals surface area (Å²) in [5.74, 6) is 1.000. The van der Waals surface area contributed by atoms with Crippen molar-refractivity contribution in [3.63, 3.8) is 0 Å². The van der Waals surface area contributed by atoms with E-state index >= 15 is 0 Å². The molecule has 1 unspecified atom stereocenters. The molecule has 0 amide bonds. The van der Waals surface area contributed by atoms with Crippen molar-refractivity contribution < 1.29 is 9.13 Å². The van der Waals surface area contributed by atoms with Crippen molar-refractivity contribution in [3.8, 4) is 11.5 Å². The number of aromatic nitrogens is 1. The molecule has 1 aliphatic rings. The minimum absolute atomic E-state index is 0.181. The maximum absolute atomic E-state index is 14.4. The second-order valence-electron chi connectivity index (χ2n) is 6.79. The first-order valence-electron chi connectivity index (χ1n) is 9.74. The summed E-state index contributed by atoms with van der Waals surface area (Å²) in [6.45, 7) is 5.78. The molecule has 1 aromatic carbocycles. The molecule has 0 spiro atoms. The molecular formula is C21H28FN5O. The van der Waals surface area contributed by atoms with E-state index in [1.54, 1.807) is 37.6 Å². The fraction of sp³-hybridized carbons (Fsp3) is 0.429. The minimum Gasteiger partial charge on any atom is -0.453 e. The van der Waals surface area contributed by atoms with E-state index in [2.05, 4.69) is 32.4 Å². The van der Waals surface area contributed by atoms with Crippen LogP contribution < -0.4 is 15.4 Å². The van der Waals surface area contributed by atoms with Gasteiger partial charge in [0.15, 0.2) is 17.5 Å². The zero-order chi connectivity index (χ0) is 19.8. The van der Waals surface area contributed by atoms with Crippen molar-refractivity contribution >= 4 is 5.96 Å². The van der Waals surface area contributed by atoms with E-state index in [0.717, 1.165) is 24.6 Å². The Kier molecular flexibility index (Phi) is 7.19. The molecule has 0 aliphatic carbocycles. The average molecular weight is 385 g/mol. The summed E-state index contributed by atoms with van der Waals surface area (Å²) in [4.78, 5) is 10.7. The molecule has 1 saturated heterocycles. The van der Waals surface area contributed by atoms with E-state index in [-0.39, 0.29) is 5.75 Å². The van der Waals surface area contributed by atoms with E-state index in [4.69, 9.17) is 4.74 Å². The number of benzene rings is 1. The topological polar surface area (TPSA) is 61.8 Å². The fourth-order valence-corrected chi connectivity index (χ4v) is 3.44. The molecular weight excluding hydrogens is 357 g/mol. The summed E-state index contributed by atoms with van der Waals surface area (Å²) < 4.78 is 19.9. The van der Waals surface area contributed by atoms with Crippen molar-refractivity contribution in [2.45, 2.75) is 32.4 Å². The predicted octanol–water partition coefficient (Wildman–Crippen LogP) is 3.16. The van der Waals surface area contributed by atoms with Gasteiger partial charge in [-0.2, -0.15) is 0 Å². The normalized spacial score (nSPS) is 17.5. The molecule has 7 heteroatoms. The van der Waals surface area contributed by atoms with Gasteiger partial charge in [0.05, 0.1) is 6.20 Å². The molecule has 6 nitrogen and oxygen atoms in total. The standard InChI is InChI=1S/C21H28FN5O/c1-3-27-11-5-6-17(27)14-26-21(23-2)25-13-16-8-9-20(19(22)12-16)28-18-7-4-10-24-15-18/h4,7-10,12,15,17H,3,5-6,11,13-14H2,1-2H3,(H2,23,25,26). The van der Waals surface area contributed by atoms with Gasteiger partial charge in [-0.05, 0) is 55.8 Å². The number of hydrogen-bond acceptors (Lipinski definition) is 4. The molecule has 0 bridgehead atoms. The average Bonchev–Trinajstić information content (AvgIpc) is 3.18. The zero-order valence-electron chi connectivity index (χ0n) is 16.5. The quantitative estimate of drug-likeness (QED) is 0.566. The summed E-state index contributed by atoms with van der Waals surface area (Å²) >= 11 is 0. The molecule has 1 aromatic heterocycles. The van der Waals surface area contributed by atoms with Gasteiger partial charge in [-0.25, -0.2) is 4.39 Å². The van der Waals surface area contributed by atoms with Gasteiger partial charge in [0, 0.05) is 32.4 Å². The van der Waals surface area contributed by atoms with Crippen LogP contribution in [0.1, 0.15) is 25.3 Å². The zero-order valence-corrected chi connectivity index (χ0v) is 16.5. The number of likely N-dealkylation sites (N-methyl/N-ethyl adjacent to an activating group) is 1. The fourth-order valence-electron chi connectivity index (χ4n) is 3.44. The van der Waals surface area contributed by atoms with Crippen LogP contribution in [0.4, 0.5) is 4.39 Å². The molecule has 0 radical (unpaired) electrons. The van der Waals surface area contributed by atoms with Gasteiger partial charge >= 0.3 is 0 Å². The highest BCUT2D eigenvalue weighted by molar-refractivity contribution is 5.79. The van der Waals surface area contributed by atoms with Crippen molar-refractivity contribution in [3.05, 3.63) is 54.1 Å². The smallest absolute Gasteiger partial charge is 0.191 e. The Bertz CT molecular complexity index is 784. The van der Waals surface area contributed by atoms with E-state index < -0.39 is 5.82 Å². The number of nitrogens with zero attached hydrogens (tertiary/aromatic N) is 3. The number of guanidine groups is 1. The van der Waals surface area contributed by atoms with Crippen LogP contribution in [0.25, 0.3) is 0 Å².